The first-order valence-electron chi connectivity index (χ1n) is 9.78. The maximum atomic E-state index is 12.6. The van der Waals surface area contributed by atoms with E-state index in [-0.39, 0.29) is 17.3 Å². The van der Waals surface area contributed by atoms with Gasteiger partial charge >= 0.3 is 0 Å². The first-order chi connectivity index (χ1) is 13.6. The molecule has 6 heteroatoms. The molecular weight excluding hydrogens is 356 g/mol. The van der Waals surface area contributed by atoms with Crippen LogP contribution in [0.4, 0.5) is 0 Å². The second kappa shape index (κ2) is 7.89. The summed E-state index contributed by atoms with van der Waals surface area (Å²) in [6, 6.07) is 12.4. The number of aromatic hydroxyl groups is 1. The number of carbonyl (C=O) groups excluding carboxylic acids is 1. The Balaban J connectivity index is 1.27. The van der Waals surface area contributed by atoms with E-state index < -0.39 is 0 Å². The van der Waals surface area contributed by atoms with Crippen LogP contribution >= 0.6 is 0 Å². The molecule has 28 heavy (non-hydrogen) atoms. The Morgan fingerprint density at radius 2 is 2.14 bits per heavy atom. The highest BCUT2D eigenvalue weighted by Crippen LogP contribution is 2.42. The van der Waals surface area contributed by atoms with Crippen molar-refractivity contribution in [2.24, 2.45) is 5.92 Å². The number of ether oxygens (including phenoxy) is 2. The minimum Gasteiger partial charge on any atom is -0.508 e. The highest BCUT2D eigenvalue weighted by molar-refractivity contribution is 5.95. The van der Waals surface area contributed by atoms with Crippen LogP contribution in [0.5, 0.6) is 5.75 Å². The largest absolute Gasteiger partial charge is 0.508 e. The molecule has 6 nitrogen and oxygen atoms in total. The van der Waals surface area contributed by atoms with Crippen molar-refractivity contribution in [3.05, 3.63) is 59.4 Å². The predicted octanol–water partition coefficient (Wildman–Crippen LogP) is 2.93. The number of aryl methyl sites for hydroxylation is 1. The Morgan fingerprint density at radius 1 is 1.32 bits per heavy atom. The lowest BCUT2D eigenvalue weighted by Crippen LogP contribution is -2.66. The molecular formula is C22H26N2O4. The first kappa shape index (κ1) is 18.9. The van der Waals surface area contributed by atoms with Gasteiger partial charge in [0.2, 0.25) is 0 Å². The molecule has 2 aliphatic heterocycles. The molecule has 1 aromatic heterocycles. The van der Waals surface area contributed by atoms with Crippen molar-refractivity contribution in [1.82, 2.24) is 9.88 Å². The monoisotopic (exact) mass is 382 g/mol. The number of carbonyl (C=O) groups is 1. The van der Waals surface area contributed by atoms with Gasteiger partial charge in [0, 0.05) is 24.5 Å². The molecule has 2 aliphatic rings. The van der Waals surface area contributed by atoms with E-state index in [0.29, 0.717) is 37.8 Å². The number of phenolic OH excluding ortho intramolecular Hbond substituents is 1. The molecule has 1 aromatic carbocycles. The minimum atomic E-state index is -0.239. The van der Waals surface area contributed by atoms with Crippen molar-refractivity contribution in [1.29, 1.82) is 0 Å². The number of benzene rings is 1. The predicted molar refractivity (Wildman–Crippen MR) is 104 cm³/mol. The zero-order valence-electron chi connectivity index (χ0n) is 16.1. The summed E-state index contributed by atoms with van der Waals surface area (Å²) in [6.07, 6.45) is 1.92. The topological polar surface area (TPSA) is 71.9 Å². The SMILES string of the molecule is Cc1cccc(COCC[C@@H]2CCOC23CN(C(=O)c2cccc(O)c2)C3)n1. The molecule has 1 spiro atoms. The number of aromatic nitrogens is 1. The third kappa shape index (κ3) is 3.88. The molecule has 1 amide bonds. The summed E-state index contributed by atoms with van der Waals surface area (Å²) in [5.41, 5.74) is 2.22. The van der Waals surface area contributed by atoms with Gasteiger partial charge in [-0.2, -0.15) is 0 Å². The van der Waals surface area contributed by atoms with E-state index in [4.69, 9.17) is 9.47 Å². The van der Waals surface area contributed by atoms with Crippen LogP contribution in [0, 0.1) is 12.8 Å². The van der Waals surface area contributed by atoms with Gasteiger partial charge in [0.15, 0.2) is 0 Å². The van der Waals surface area contributed by atoms with E-state index in [0.717, 1.165) is 30.8 Å². The smallest absolute Gasteiger partial charge is 0.254 e. The van der Waals surface area contributed by atoms with Crippen LogP contribution in [-0.2, 0) is 16.1 Å². The van der Waals surface area contributed by atoms with E-state index in [1.165, 1.54) is 6.07 Å². The quantitative estimate of drug-likeness (QED) is 0.778. The summed E-state index contributed by atoms with van der Waals surface area (Å²) in [5.74, 6) is 0.445. The maximum Gasteiger partial charge on any atom is 0.254 e. The highest BCUT2D eigenvalue weighted by atomic mass is 16.5. The highest BCUT2D eigenvalue weighted by Gasteiger charge is 2.54. The number of amides is 1. The maximum absolute atomic E-state index is 12.6. The second-order valence-electron chi connectivity index (χ2n) is 7.72. The summed E-state index contributed by atoms with van der Waals surface area (Å²) >= 11 is 0. The van der Waals surface area contributed by atoms with E-state index in [2.05, 4.69) is 4.98 Å². The number of pyridine rings is 1. The van der Waals surface area contributed by atoms with Gasteiger partial charge in [-0.25, -0.2) is 0 Å². The number of phenols is 1. The number of likely N-dealkylation sites (tertiary alicyclic amines) is 1. The fraction of sp³-hybridized carbons (Fsp3) is 0.455. The molecule has 0 bridgehead atoms. The number of hydrogen-bond acceptors (Lipinski definition) is 5. The number of rotatable bonds is 6. The van der Waals surface area contributed by atoms with E-state index in [1.807, 2.05) is 25.1 Å². The lowest BCUT2D eigenvalue weighted by atomic mass is 9.79. The van der Waals surface area contributed by atoms with Crippen molar-refractivity contribution >= 4 is 5.91 Å². The van der Waals surface area contributed by atoms with Crippen molar-refractivity contribution in [3.63, 3.8) is 0 Å². The third-order valence-electron chi connectivity index (χ3n) is 5.70. The van der Waals surface area contributed by atoms with Crippen molar-refractivity contribution in [2.45, 2.75) is 32.0 Å². The summed E-state index contributed by atoms with van der Waals surface area (Å²) in [6.45, 7) is 5.09. The first-order valence-corrected chi connectivity index (χ1v) is 9.78. The lowest BCUT2D eigenvalue weighted by Gasteiger charge is -2.50. The molecule has 1 atom stereocenters. The standard InChI is InChI=1S/C22H26N2O4/c1-16-4-2-6-19(23-16)13-27-10-8-18-9-11-28-22(18)14-24(15-22)21(26)17-5-3-7-20(25)12-17/h2-7,12,18,25H,8-11,13-15H2,1H3/t18-/m1/s1. The van der Waals surface area contributed by atoms with Crippen LogP contribution in [0.15, 0.2) is 42.5 Å². The summed E-state index contributed by atoms with van der Waals surface area (Å²) in [7, 11) is 0. The van der Waals surface area contributed by atoms with Gasteiger partial charge in [0.1, 0.15) is 11.4 Å². The second-order valence-corrected chi connectivity index (χ2v) is 7.72. The lowest BCUT2D eigenvalue weighted by molar-refractivity contribution is -0.120. The van der Waals surface area contributed by atoms with Crippen molar-refractivity contribution in [2.75, 3.05) is 26.3 Å². The summed E-state index contributed by atoms with van der Waals surface area (Å²) < 4.78 is 11.9. The molecule has 1 N–H and O–H groups in total. The zero-order chi connectivity index (χ0) is 19.6. The summed E-state index contributed by atoms with van der Waals surface area (Å²) in [5, 5.41) is 9.59. The van der Waals surface area contributed by atoms with Crippen molar-refractivity contribution in [3.8, 4) is 5.75 Å². The Bertz CT molecular complexity index is 848. The third-order valence-corrected chi connectivity index (χ3v) is 5.70. The molecule has 2 saturated heterocycles. The van der Waals surface area contributed by atoms with Gasteiger partial charge in [-0.1, -0.05) is 12.1 Å². The van der Waals surface area contributed by atoms with Gasteiger partial charge in [-0.05, 0) is 56.0 Å². The van der Waals surface area contributed by atoms with Crippen LogP contribution in [0.1, 0.15) is 34.6 Å². The van der Waals surface area contributed by atoms with Gasteiger partial charge in [-0.15, -0.1) is 0 Å². The Labute approximate surface area is 165 Å². The molecule has 0 radical (unpaired) electrons. The van der Waals surface area contributed by atoms with Crippen LogP contribution in [0.2, 0.25) is 0 Å². The van der Waals surface area contributed by atoms with Crippen LogP contribution in [0.25, 0.3) is 0 Å². The fourth-order valence-corrected chi connectivity index (χ4v) is 4.19. The molecule has 0 saturated carbocycles. The normalized spacial score (nSPS) is 20.3. The van der Waals surface area contributed by atoms with Crippen LogP contribution in [0.3, 0.4) is 0 Å². The van der Waals surface area contributed by atoms with Crippen molar-refractivity contribution < 1.29 is 19.4 Å². The number of hydrogen-bond donors (Lipinski definition) is 1. The van der Waals surface area contributed by atoms with Gasteiger partial charge in [0.05, 0.1) is 25.4 Å². The molecule has 0 unspecified atom stereocenters. The number of nitrogens with zero attached hydrogens (tertiary/aromatic N) is 2. The molecule has 2 fully saturated rings. The van der Waals surface area contributed by atoms with Crippen LogP contribution in [-0.4, -0.2) is 52.8 Å². The zero-order valence-corrected chi connectivity index (χ0v) is 16.1. The minimum absolute atomic E-state index is 0.0578. The van der Waals surface area contributed by atoms with E-state index >= 15 is 0 Å². The Morgan fingerprint density at radius 3 is 2.93 bits per heavy atom. The molecule has 148 valence electrons. The fourth-order valence-electron chi connectivity index (χ4n) is 4.19. The van der Waals surface area contributed by atoms with Crippen LogP contribution < -0.4 is 0 Å². The Kier molecular flexibility index (Phi) is 5.33. The molecule has 2 aromatic rings. The summed E-state index contributed by atoms with van der Waals surface area (Å²) in [4.78, 5) is 18.8. The molecule has 3 heterocycles. The van der Waals surface area contributed by atoms with Gasteiger partial charge < -0.3 is 19.5 Å². The van der Waals surface area contributed by atoms with E-state index in [1.54, 1.807) is 23.1 Å². The average Bonchev–Trinajstić information content (AvgIpc) is 3.07. The van der Waals surface area contributed by atoms with Gasteiger partial charge in [0.25, 0.3) is 5.91 Å². The molecule has 4 rings (SSSR count). The average molecular weight is 382 g/mol. The molecule has 0 aliphatic carbocycles. The van der Waals surface area contributed by atoms with E-state index in [9.17, 15) is 9.90 Å². The Hall–Kier alpha value is -2.44. The van der Waals surface area contributed by atoms with Gasteiger partial charge in [-0.3, -0.25) is 9.78 Å².